The van der Waals surface area contributed by atoms with Gasteiger partial charge in [0.1, 0.15) is 6.33 Å². The number of hydrogen-bond donors (Lipinski definition) is 2. The van der Waals surface area contributed by atoms with Gasteiger partial charge >= 0.3 is 0 Å². The lowest BCUT2D eigenvalue weighted by Crippen LogP contribution is -2.54. The van der Waals surface area contributed by atoms with Crippen molar-refractivity contribution in [1.82, 2.24) is 25.0 Å². The Morgan fingerprint density at radius 2 is 1.97 bits per heavy atom. The van der Waals surface area contributed by atoms with Crippen LogP contribution in [0.2, 0.25) is 0 Å². The third-order valence-electron chi connectivity index (χ3n) is 7.56. The zero-order valence-electron chi connectivity index (χ0n) is 19.7. The van der Waals surface area contributed by atoms with Crippen molar-refractivity contribution in [3.63, 3.8) is 0 Å². The number of carbonyl (C=O) groups excluding carboxylic acids is 1. The molecule has 2 atom stereocenters. The smallest absolute Gasteiger partial charge is 0.254 e. The number of benzene rings is 2. The van der Waals surface area contributed by atoms with Gasteiger partial charge in [0.25, 0.3) is 5.91 Å². The van der Waals surface area contributed by atoms with E-state index in [1.807, 2.05) is 33.8 Å². The molecule has 1 fully saturated rings. The Kier molecular flexibility index (Phi) is 5.08. The number of hydrogen-bond acceptors (Lipinski definition) is 5. The monoisotopic (exact) mass is 457 g/mol. The topological polar surface area (TPSA) is 83.3 Å². The fourth-order valence-corrected chi connectivity index (χ4v) is 5.53. The minimum Gasteiger partial charge on any atom is -0.390 e. The lowest BCUT2D eigenvalue weighted by Gasteiger charge is -2.41. The summed E-state index contributed by atoms with van der Waals surface area (Å²) in [6, 6.07) is 14.7. The molecule has 1 aromatic heterocycles. The Morgan fingerprint density at radius 1 is 1.18 bits per heavy atom. The van der Waals surface area contributed by atoms with Crippen LogP contribution in [0.25, 0.3) is 11.4 Å². The number of rotatable bonds is 5. The van der Waals surface area contributed by atoms with Crippen LogP contribution in [0.5, 0.6) is 0 Å². The van der Waals surface area contributed by atoms with Gasteiger partial charge < -0.3 is 15.3 Å². The molecule has 3 heterocycles. The van der Waals surface area contributed by atoms with E-state index in [9.17, 15) is 9.90 Å². The van der Waals surface area contributed by atoms with E-state index in [0.29, 0.717) is 24.7 Å². The number of β-amino-alcohol motifs (C(OH)–C–C–N with tert-alkyl or cyclic N) is 1. The van der Waals surface area contributed by atoms with Gasteiger partial charge in [-0.05, 0) is 48.1 Å². The number of aliphatic hydroxyl groups excluding tert-OH is 1. The van der Waals surface area contributed by atoms with Crippen molar-refractivity contribution in [2.24, 2.45) is 0 Å². The van der Waals surface area contributed by atoms with Gasteiger partial charge in [0.2, 0.25) is 0 Å². The molecule has 2 aliphatic heterocycles. The second-order valence-electron chi connectivity index (χ2n) is 10.6. The van der Waals surface area contributed by atoms with Crippen LogP contribution in [0.3, 0.4) is 0 Å². The van der Waals surface area contributed by atoms with Crippen molar-refractivity contribution in [2.75, 3.05) is 13.1 Å². The number of amides is 1. The molecular formula is C27H31N5O2. The highest BCUT2D eigenvalue weighted by Gasteiger charge is 2.39. The molecule has 0 saturated heterocycles. The SMILES string of the molecule is CC1(C)CN(CC(O)[C@@H]2Cc3ccccc3CN2)C(=O)c2ccc(-c3ncnn3C3CC3)cc21. The van der Waals surface area contributed by atoms with Crippen LogP contribution >= 0.6 is 0 Å². The van der Waals surface area contributed by atoms with E-state index >= 15 is 0 Å². The standard InChI is InChI=1S/C27H31N5O2/c1-27(2)15-31(14-24(33)23-12-17-5-3-4-6-19(17)13-28-23)26(34)21-10-7-18(11-22(21)27)25-29-16-30-32(25)20-8-9-20/h3-7,10-11,16,20,23-24,28,33H,8-9,12-15H2,1-2H3/t23-,24?/m0/s1. The first-order valence-electron chi connectivity index (χ1n) is 12.2. The van der Waals surface area contributed by atoms with Gasteiger partial charge in [-0.2, -0.15) is 5.10 Å². The van der Waals surface area contributed by atoms with Crippen LogP contribution in [-0.2, 0) is 18.4 Å². The summed E-state index contributed by atoms with van der Waals surface area (Å²) >= 11 is 0. The summed E-state index contributed by atoms with van der Waals surface area (Å²) in [4.78, 5) is 19.8. The van der Waals surface area contributed by atoms with Crippen molar-refractivity contribution < 1.29 is 9.90 Å². The number of nitrogens with one attached hydrogen (secondary N) is 1. The summed E-state index contributed by atoms with van der Waals surface area (Å²) in [5, 5.41) is 18.9. The van der Waals surface area contributed by atoms with Crippen LogP contribution in [0.1, 0.15) is 59.8 Å². The maximum Gasteiger partial charge on any atom is 0.254 e. The Balaban J connectivity index is 1.23. The van der Waals surface area contributed by atoms with Crippen LogP contribution in [-0.4, -0.2) is 55.9 Å². The largest absolute Gasteiger partial charge is 0.390 e. The van der Waals surface area contributed by atoms with E-state index in [1.54, 1.807) is 6.33 Å². The molecule has 1 aliphatic carbocycles. The summed E-state index contributed by atoms with van der Waals surface area (Å²) in [7, 11) is 0. The number of aliphatic hydroxyl groups is 1. The lowest BCUT2D eigenvalue weighted by molar-refractivity contribution is 0.0445. The normalized spacial score (nSPS) is 22.3. The molecule has 3 aromatic rings. The molecule has 1 amide bonds. The molecule has 7 heteroatoms. The highest BCUT2D eigenvalue weighted by molar-refractivity contribution is 5.98. The highest BCUT2D eigenvalue weighted by Crippen LogP contribution is 2.39. The maximum atomic E-state index is 13.5. The van der Waals surface area contributed by atoms with Gasteiger partial charge in [0, 0.05) is 42.2 Å². The third-order valence-corrected chi connectivity index (χ3v) is 7.56. The van der Waals surface area contributed by atoms with E-state index in [-0.39, 0.29) is 17.4 Å². The van der Waals surface area contributed by atoms with E-state index in [2.05, 4.69) is 47.4 Å². The Morgan fingerprint density at radius 3 is 2.76 bits per heavy atom. The van der Waals surface area contributed by atoms with Crippen LogP contribution in [0, 0.1) is 0 Å². The molecule has 2 aromatic carbocycles. The summed E-state index contributed by atoms with van der Waals surface area (Å²) < 4.78 is 2.01. The third kappa shape index (κ3) is 3.73. The van der Waals surface area contributed by atoms with Gasteiger partial charge in [-0.3, -0.25) is 4.79 Å². The molecule has 0 radical (unpaired) electrons. The zero-order valence-corrected chi connectivity index (χ0v) is 19.7. The Labute approximate surface area is 199 Å². The molecular weight excluding hydrogens is 426 g/mol. The summed E-state index contributed by atoms with van der Waals surface area (Å²) in [6.45, 7) is 5.97. The first-order valence-corrected chi connectivity index (χ1v) is 12.2. The molecule has 34 heavy (non-hydrogen) atoms. The van der Waals surface area contributed by atoms with Gasteiger partial charge in [-0.1, -0.05) is 44.2 Å². The van der Waals surface area contributed by atoms with E-state index < -0.39 is 6.10 Å². The Hall–Kier alpha value is -3.03. The minimum atomic E-state index is -0.633. The quantitative estimate of drug-likeness (QED) is 0.615. The van der Waals surface area contributed by atoms with Crippen LogP contribution in [0.15, 0.2) is 48.8 Å². The fourth-order valence-electron chi connectivity index (χ4n) is 5.53. The molecule has 0 bridgehead atoms. The second-order valence-corrected chi connectivity index (χ2v) is 10.6. The number of nitrogens with zero attached hydrogens (tertiary/aromatic N) is 4. The minimum absolute atomic E-state index is 0.0141. The molecule has 3 aliphatic rings. The zero-order chi connectivity index (χ0) is 23.4. The number of fused-ring (bicyclic) bond motifs is 2. The highest BCUT2D eigenvalue weighted by atomic mass is 16.3. The molecule has 1 saturated carbocycles. The molecule has 6 rings (SSSR count). The van der Waals surface area contributed by atoms with Crippen molar-refractivity contribution in [1.29, 1.82) is 0 Å². The molecule has 0 spiro atoms. The number of carbonyl (C=O) groups is 1. The van der Waals surface area contributed by atoms with Gasteiger partial charge in [0.15, 0.2) is 5.82 Å². The van der Waals surface area contributed by atoms with Crippen molar-refractivity contribution >= 4 is 5.91 Å². The van der Waals surface area contributed by atoms with Crippen molar-refractivity contribution in [2.45, 2.75) is 63.3 Å². The van der Waals surface area contributed by atoms with Crippen LogP contribution < -0.4 is 5.32 Å². The van der Waals surface area contributed by atoms with E-state index in [0.717, 1.165) is 42.8 Å². The van der Waals surface area contributed by atoms with E-state index in [1.165, 1.54) is 11.1 Å². The first kappa shape index (κ1) is 21.5. The lowest BCUT2D eigenvalue weighted by atomic mass is 9.77. The second kappa shape index (κ2) is 8.03. The average Bonchev–Trinajstić information content (AvgIpc) is 3.57. The van der Waals surface area contributed by atoms with Gasteiger partial charge in [0.05, 0.1) is 12.1 Å². The van der Waals surface area contributed by atoms with E-state index in [4.69, 9.17) is 0 Å². The summed E-state index contributed by atoms with van der Waals surface area (Å²) in [5.74, 6) is 0.856. The first-order chi connectivity index (χ1) is 16.4. The van der Waals surface area contributed by atoms with Gasteiger partial charge in [-0.15, -0.1) is 0 Å². The van der Waals surface area contributed by atoms with Crippen molar-refractivity contribution in [3.8, 4) is 11.4 Å². The molecule has 1 unspecified atom stereocenters. The predicted molar refractivity (Wildman–Crippen MR) is 129 cm³/mol. The molecule has 2 N–H and O–H groups in total. The molecule has 176 valence electrons. The molecule has 7 nitrogen and oxygen atoms in total. The predicted octanol–water partition coefficient (Wildman–Crippen LogP) is 3.09. The van der Waals surface area contributed by atoms with Crippen molar-refractivity contribution in [3.05, 3.63) is 71.0 Å². The van der Waals surface area contributed by atoms with Crippen LogP contribution in [0.4, 0.5) is 0 Å². The maximum absolute atomic E-state index is 13.5. The number of aromatic nitrogens is 3. The summed E-state index contributed by atoms with van der Waals surface area (Å²) in [5.41, 5.74) is 5.07. The average molecular weight is 458 g/mol. The Bertz CT molecular complexity index is 1250. The summed E-state index contributed by atoms with van der Waals surface area (Å²) in [6.07, 6.45) is 4.04. The fraction of sp³-hybridized carbons (Fsp3) is 0.444. The van der Waals surface area contributed by atoms with Gasteiger partial charge in [-0.25, -0.2) is 9.67 Å².